The topological polar surface area (TPSA) is 77.1 Å². The molecule has 0 radical (unpaired) electrons. The van der Waals surface area contributed by atoms with Crippen molar-refractivity contribution in [3.8, 4) is 17.2 Å². The lowest BCUT2D eigenvalue weighted by molar-refractivity contribution is -0.131. The maximum atomic E-state index is 13.1. The molecule has 1 saturated heterocycles. The normalized spacial score (nSPS) is 20.5. The molecule has 28 heavy (non-hydrogen) atoms. The molecule has 0 bridgehead atoms. The quantitative estimate of drug-likeness (QED) is 0.805. The Morgan fingerprint density at radius 3 is 2.71 bits per heavy atom. The van der Waals surface area contributed by atoms with Gasteiger partial charge in [-0.1, -0.05) is 23.8 Å². The van der Waals surface area contributed by atoms with Crippen molar-refractivity contribution in [3.63, 3.8) is 0 Å². The van der Waals surface area contributed by atoms with Crippen LogP contribution in [0.25, 0.3) is 0 Å². The lowest BCUT2D eigenvalue weighted by Crippen LogP contribution is -2.45. The van der Waals surface area contributed by atoms with Crippen LogP contribution in [-0.2, 0) is 17.8 Å². The first kappa shape index (κ1) is 18.2. The van der Waals surface area contributed by atoms with E-state index in [1.807, 2.05) is 43.3 Å². The third-order valence-electron chi connectivity index (χ3n) is 5.10. The average molecular weight is 382 g/mol. The lowest BCUT2D eigenvalue weighted by atomic mass is 9.92. The van der Waals surface area contributed by atoms with Gasteiger partial charge in [0.15, 0.2) is 11.5 Å². The summed E-state index contributed by atoms with van der Waals surface area (Å²) in [6.07, 6.45) is 0.357. The minimum absolute atomic E-state index is 0.159. The van der Waals surface area contributed by atoms with Crippen molar-refractivity contribution in [2.24, 2.45) is 0 Å². The summed E-state index contributed by atoms with van der Waals surface area (Å²) in [4.78, 5) is 26.9. The Labute approximate surface area is 163 Å². The molecule has 0 unspecified atom stereocenters. The Morgan fingerprint density at radius 1 is 1.14 bits per heavy atom. The molecule has 2 heterocycles. The van der Waals surface area contributed by atoms with Crippen LogP contribution in [-0.4, -0.2) is 36.3 Å². The van der Waals surface area contributed by atoms with Gasteiger partial charge in [0.1, 0.15) is 11.3 Å². The molecule has 0 saturated carbocycles. The number of rotatable bonds is 5. The van der Waals surface area contributed by atoms with E-state index in [-0.39, 0.29) is 19.2 Å². The second kappa shape index (κ2) is 6.74. The minimum atomic E-state index is -1.03. The molecule has 3 amide bonds. The van der Waals surface area contributed by atoms with Crippen molar-refractivity contribution in [3.05, 3.63) is 53.1 Å². The number of nitrogens with one attached hydrogen (secondary N) is 1. The molecule has 0 aromatic heterocycles. The Kier molecular flexibility index (Phi) is 4.37. The van der Waals surface area contributed by atoms with Crippen molar-refractivity contribution in [1.82, 2.24) is 10.2 Å². The molecule has 4 rings (SSSR count). The molecule has 2 aliphatic rings. The van der Waals surface area contributed by atoms with E-state index < -0.39 is 11.6 Å². The third kappa shape index (κ3) is 3.13. The number of urea groups is 1. The predicted octanol–water partition coefficient (Wildman–Crippen LogP) is 2.79. The first-order chi connectivity index (χ1) is 13.4. The largest absolute Gasteiger partial charge is 0.496 e. The second-order valence-corrected chi connectivity index (χ2v) is 7.33. The van der Waals surface area contributed by atoms with E-state index in [0.717, 1.165) is 16.7 Å². The molecule has 7 heteroatoms. The Bertz CT molecular complexity index is 958. The van der Waals surface area contributed by atoms with Gasteiger partial charge in [0.25, 0.3) is 5.91 Å². The molecule has 0 spiro atoms. The molecule has 7 nitrogen and oxygen atoms in total. The summed E-state index contributed by atoms with van der Waals surface area (Å²) in [6, 6.07) is 10.8. The van der Waals surface area contributed by atoms with Gasteiger partial charge in [0.2, 0.25) is 6.79 Å². The van der Waals surface area contributed by atoms with Gasteiger partial charge >= 0.3 is 6.03 Å². The van der Waals surface area contributed by atoms with E-state index in [4.69, 9.17) is 14.2 Å². The summed E-state index contributed by atoms with van der Waals surface area (Å²) in [7, 11) is 1.57. The van der Waals surface area contributed by atoms with Crippen LogP contribution in [0.5, 0.6) is 17.2 Å². The molecule has 0 aliphatic carbocycles. The zero-order chi connectivity index (χ0) is 19.9. The van der Waals surface area contributed by atoms with E-state index in [1.54, 1.807) is 14.0 Å². The molecule has 2 aromatic carbocycles. The van der Waals surface area contributed by atoms with Gasteiger partial charge in [-0.05, 0) is 37.6 Å². The van der Waals surface area contributed by atoms with Crippen molar-refractivity contribution >= 4 is 11.9 Å². The SMILES string of the molecule is COc1ccc(C)cc1CN1C(=O)N[C@@](C)(Cc2ccc3c(c2)OCO3)C1=O. The summed E-state index contributed by atoms with van der Waals surface area (Å²) in [5.41, 5.74) is 1.68. The fourth-order valence-electron chi connectivity index (χ4n) is 3.67. The van der Waals surface area contributed by atoms with Crippen LogP contribution in [0.4, 0.5) is 4.79 Å². The van der Waals surface area contributed by atoms with Gasteiger partial charge < -0.3 is 19.5 Å². The first-order valence-electron chi connectivity index (χ1n) is 9.06. The predicted molar refractivity (Wildman–Crippen MR) is 101 cm³/mol. The fourth-order valence-corrected chi connectivity index (χ4v) is 3.67. The van der Waals surface area contributed by atoms with Crippen LogP contribution in [0.3, 0.4) is 0 Å². The number of aryl methyl sites for hydroxylation is 1. The molecular formula is C21H22N2O5. The highest BCUT2D eigenvalue weighted by Gasteiger charge is 2.47. The number of imide groups is 1. The standard InChI is InChI=1S/C21H22N2O5/c1-13-4-6-16(26-3)15(8-13)11-23-19(24)21(2,22-20(23)25)10-14-5-7-17-18(9-14)28-12-27-17/h4-9H,10-12H2,1-3H3,(H,22,25)/t21-/m0/s1. The monoisotopic (exact) mass is 382 g/mol. The summed E-state index contributed by atoms with van der Waals surface area (Å²) in [6.45, 7) is 4.05. The van der Waals surface area contributed by atoms with Crippen LogP contribution >= 0.6 is 0 Å². The lowest BCUT2D eigenvalue weighted by Gasteiger charge is -2.22. The molecule has 1 N–H and O–H groups in total. The van der Waals surface area contributed by atoms with Gasteiger partial charge in [0.05, 0.1) is 13.7 Å². The molecule has 2 aliphatic heterocycles. The maximum Gasteiger partial charge on any atom is 0.325 e. The number of ether oxygens (including phenoxy) is 3. The number of benzene rings is 2. The van der Waals surface area contributed by atoms with Gasteiger partial charge in [0, 0.05) is 12.0 Å². The number of amides is 3. The van der Waals surface area contributed by atoms with Gasteiger partial charge in [-0.3, -0.25) is 9.69 Å². The number of carbonyl (C=O) groups is 2. The van der Waals surface area contributed by atoms with Crippen LogP contribution in [0.15, 0.2) is 36.4 Å². The van der Waals surface area contributed by atoms with Crippen molar-refractivity contribution in [2.45, 2.75) is 32.4 Å². The van der Waals surface area contributed by atoms with Crippen molar-refractivity contribution in [1.29, 1.82) is 0 Å². The smallest absolute Gasteiger partial charge is 0.325 e. The number of carbonyl (C=O) groups excluding carboxylic acids is 2. The first-order valence-corrected chi connectivity index (χ1v) is 9.06. The number of hydrogen-bond donors (Lipinski definition) is 1. The Morgan fingerprint density at radius 2 is 1.93 bits per heavy atom. The Hall–Kier alpha value is -3.22. The second-order valence-electron chi connectivity index (χ2n) is 7.33. The molecule has 1 fully saturated rings. The zero-order valence-electron chi connectivity index (χ0n) is 16.1. The molecule has 146 valence electrons. The van der Waals surface area contributed by atoms with E-state index in [9.17, 15) is 9.59 Å². The van der Waals surface area contributed by atoms with Crippen molar-refractivity contribution < 1.29 is 23.8 Å². The maximum absolute atomic E-state index is 13.1. The number of fused-ring (bicyclic) bond motifs is 1. The van der Waals surface area contributed by atoms with E-state index in [1.165, 1.54) is 4.90 Å². The van der Waals surface area contributed by atoms with Crippen LogP contribution < -0.4 is 19.5 Å². The number of hydrogen-bond acceptors (Lipinski definition) is 5. The van der Waals surface area contributed by atoms with E-state index in [2.05, 4.69) is 5.32 Å². The van der Waals surface area contributed by atoms with Crippen molar-refractivity contribution in [2.75, 3.05) is 13.9 Å². The van der Waals surface area contributed by atoms with Gasteiger partial charge in [-0.15, -0.1) is 0 Å². The molecule has 2 aromatic rings. The number of nitrogens with zero attached hydrogens (tertiary/aromatic N) is 1. The molecule has 1 atom stereocenters. The highest BCUT2D eigenvalue weighted by atomic mass is 16.7. The van der Waals surface area contributed by atoms with Gasteiger partial charge in [-0.2, -0.15) is 0 Å². The third-order valence-corrected chi connectivity index (χ3v) is 5.10. The summed E-state index contributed by atoms with van der Waals surface area (Å²) in [5.74, 6) is 1.72. The Balaban J connectivity index is 1.55. The van der Waals surface area contributed by atoms with Gasteiger partial charge in [-0.25, -0.2) is 4.79 Å². The minimum Gasteiger partial charge on any atom is -0.496 e. The highest BCUT2D eigenvalue weighted by molar-refractivity contribution is 6.06. The highest BCUT2D eigenvalue weighted by Crippen LogP contribution is 2.34. The zero-order valence-corrected chi connectivity index (χ0v) is 16.1. The van der Waals surface area contributed by atoms with E-state index in [0.29, 0.717) is 23.7 Å². The van der Waals surface area contributed by atoms with Crippen LogP contribution in [0, 0.1) is 6.92 Å². The summed E-state index contributed by atoms with van der Waals surface area (Å²) in [5, 5.41) is 2.84. The number of methoxy groups -OCH3 is 1. The fraction of sp³-hybridized carbons (Fsp3) is 0.333. The van der Waals surface area contributed by atoms with E-state index >= 15 is 0 Å². The molecular weight excluding hydrogens is 360 g/mol. The average Bonchev–Trinajstić information content (AvgIpc) is 3.20. The summed E-state index contributed by atoms with van der Waals surface area (Å²) < 4.78 is 16.1. The van der Waals surface area contributed by atoms with Crippen LogP contribution in [0.1, 0.15) is 23.6 Å². The summed E-state index contributed by atoms with van der Waals surface area (Å²) >= 11 is 0. The van der Waals surface area contributed by atoms with Crippen LogP contribution in [0.2, 0.25) is 0 Å².